The predicted octanol–water partition coefficient (Wildman–Crippen LogP) is 1.89. The van der Waals surface area contributed by atoms with E-state index < -0.39 is 11.7 Å². The van der Waals surface area contributed by atoms with Crippen molar-refractivity contribution >= 4 is 12.0 Å². The Morgan fingerprint density at radius 2 is 1.91 bits per heavy atom. The summed E-state index contributed by atoms with van der Waals surface area (Å²) in [6.45, 7) is 8.98. The Morgan fingerprint density at radius 1 is 1.22 bits per heavy atom. The van der Waals surface area contributed by atoms with Gasteiger partial charge in [-0.1, -0.05) is 0 Å². The van der Waals surface area contributed by atoms with E-state index in [2.05, 4.69) is 10.6 Å². The highest BCUT2D eigenvalue weighted by atomic mass is 16.6. The van der Waals surface area contributed by atoms with E-state index >= 15 is 0 Å². The largest absolute Gasteiger partial charge is 0.444 e. The quantitative estimate of drug-likeness (QED) is 0.831. The number of hydrogen-bond acceptors (Lipinski definition) is 4. The second-order valence-corrected chi connectivity index (χ2v) is 7.72. The standard InChI is InChI=1S/C17H31N3O3/c1-17(2,3)23-16(22)19-14-5-4-10-20(12-14)15(21)11-13-6-8-18-9-7-13/h13-14,18H,4-12H2,1-3H3,(H,19,22)/t14-/m1/s1. The molecule has 0 aliphatic carbocycles. The summed E-state index contributed by atoms with van der Waals surface area (Å²) in [6, 6.07) is -0.00410. The van der Waals surface area contributed by atoms with Gasteiger partial charge < -0.3 is 20.3 Å². The van der Waals surface area contributed by atoms with Crippen molar-refractivity contribution in [3.63, 3.8) is 0 Å². The van der Waals surface area contributed by atoms with Gasteiger partial charge in [0, 0.05) is 25.6 Å². The van der Waals surface area contributed by atoms with Crippen LogP contribution >= 0.6 is 0 Å². The summed E-state index contributed by atoms with van der Waals surface area (Å²) in [6.07, 6.45) is 4.24. The van der Waals surface area contributed by atoms with Crippen molar-refractivity contribution in [3.8, 4) is 0 Å². The van der Waals surface area contributed by atoms with Crippen LogP contribution in [0.1, 0.15) is 52.9 Å². The van der Waals surface area contributed by atoms with Crippen LogP contribution in [0.25, 0.3) is 0 Å². The van der Waals surface area contributed by atoms with E-state index in [9.17, 15) is 9.59 Å². The number of likely N-dealkylation sites (tertiary alicyclic amines) is 1. The number of alkyl carbamates (subject to hydrolysis) is 1. The maximum Gasteiger partial charge on any atom is 0.407 e. The fraction of sp³-hybridized carbons (Fsp3) is 0.882. The zero-order valence-corrected chi connectivity index (χ0v) is 14.7. The van der Waals surface area contributed by atoms with E-state index in [1.54, 1.807) is 0 Å². The summed E-state index contributed by atoms with van der Waals surface area (Å²) >= 11 is 0. The Bertz CT molecular complexity index is 414. The van der Waals surface area contributed by atoms with Crippen LogP contribution < -0.4 is 10.6 Å². The van der Waals surface area contributed by atoms with E-state index in [4.69, 9.17) is 4.74 Å². The van der Waals surface area contributed by atoms with Crippen LogP contribution in [0.2, 0.25) is 0 Å². The number of carbonyl (C=O) groups is 2. The molecular weight excluding hydrogens is 294 g/mol. The van der Waals surface area contributed by atoms with Gasteiger partial charge in [-0.2, -0.15) is 0 Å². The first-order valence-electron chi connectivity index (χ1n) is 8.81. The number of ether oxygens (including phenoxy) is 1. The van der Waals surface area contributed by atoms with E-state index in [0.29, 0.717) is 18.9 Å². The van der Waals surface area contributed by atoms with Crippen LogP contribution in [0.5, 0.6) is 0 Å². The summed E-state index contributed by atoms with van der Waals surface area (Å²) in [5.74, 6) is 0.732. The minimum atomic E-state index is -0.497. The highest BCUT2D eigenvalue weighted by Gasteiger charge is 2.28. The molecule has 1 atom stereocenters. The molecule has 2 saturated heterocycles. The summed E-state index contributed by atoms with van der Waals surface area (Å²) in [4.78, 5) is 26.3. The fourth-order valence-electron chi connectivity index (χ4n) is 3.26. The van der Waals surface area contributed by atoms with Crippen LogP contribution in [-0.2, 0) is 9.53 Å². The normalized spacial score (nSPS) is 23.4. The summed E-state index contributed by atoms with van der Waals surface area (Å²) < 4.78 is 5.30. The third-order valence-corrected chi connectivity index (χ3v) is 4.42. The Balaban J connectivity index is 1.78. The number of nitrogens with one attached hydrogen (secondary N) is 2. The average Bonchev–Trinajstić information content (AvgIpc) is 2.46. The number of nitrogens with zero attached hydrogens (tertiary/aromatic N) is 1. The number of hydrogen-bond donors (Lipinski definition) is 2. The molecule has 0 aromatic rings. The minimum absolute atomic E-state index is 0.00410. The smallest absolute Gasteiger partial charge is 0.407 e. The van der Waals surface area contributed by atoms with Gasteiger partial charge in [-0.05, 0) is 65.5 Å². The van der Waals surface area contributed by atoms with Gasteiger partial charge in [0.2, 0.25) is 5.91 Å². The second-order valence-electron chi connectivity index (χ2n) is 7.72. The lowest BCUT2D eigenvalue weighted by Gasteiger charge is -2.34. The van der Waals surface area contributed by atoms with Crippen LogP contribution in [-0.4, -0.2) is 54.7 Å². The minimum Gasteiger partial charge on any atom is -0.444 e. The summed E-state index contributed by atoms with van der Waals surface area (Å²) in [5, 5.41) is 6.23. The maximum atomic E-state index is 12.5. The molecule has 0 aromatic carbocycles. The van der Waals surface area contributed by atoms with Crippen molar-refractivity contribution in [1.29, 1.82) is 0 Å². The highest BCUT2D eigenvalue weighted by molar-refractivity contribution is 5.76. The Morgan fingerprint density at radius 3 is 2.57 bits per heavy atom. The van der Waals surface area contributed by atoms with Gasteiger partial charge in [-0.25, -0.2) is 4.79 Å². The molecule has 0 radical (unpaired) electrons. The molecular formula is C17H31N3O3. The molecule has 0 bridgehead atoms. The van der Waals surface area contributed by atoms with Gasteiger partial charge >= 0.3 is 6.09 Å². The van der Waals surface area contributed by atoms with E-state index in [-0.39, 0.29) is 11.9 Å². The molecule has 132 valence electrons. The van der Waals surface area contributed by atoms with Gasteiger partial charge in [0.05, 0.1) is 0 Å². The first-order valence-corrected chi connectivity index (χ1v) is 8.81. The molecule has 2 rings (SSSR count). The van der Waals surface area contributed by atoms with Crippen molar-refractivity contribution in [1.82, 2.24) is 15.5 Å². The van der Waals surface area contributed by atoms with Crippen LogP contribution in [0.4, 0.5) is 4.79 Å². The van der Waals surface area contributed by atoms with Gasteiger partial charge in [-0.3, -0.25) is 4.79 Å². The molecule has 0 saturated carbocycles. The lowest BCUT2D eigenvalue weighted by Crippen LogP contribution is -2.50. The second kappa shape index (κ2) is 7.99. The number of rotatable bonds is 3. The molecule has 2 fully saturated rings. The molecule has 2 amide bonds. The molecule has 0 unspecified atom stereocenters. The number of piperidine rings is 2. The molecule has 6 heteroatoms. The number of carbonyl (C=O) groups excluding carboxylic acids is 2. The monoisotopic (exact) mass is 325 g/mol. The van der Waals surface area contributed by atoms with E-state index in [1.165, 1.54) is 0 Å². The maximum absolute atomic E-state index is 12.5. The predicted molar refractivity (Wildman–Crippen MR) is 89.2 cm³/mol. The van der Waals surface area contributed by atoms with Gasteiger partial charge in [0.1, 0.15) is 5.60 Å². The average molecular weight is 325 g/mol. The van der Waals surface area contributed by atoms with Crippen molar-refractivity contribution in [2.45, 2.75) is 64.5 Å². The fourth-order valence-corrected chi connectivity index (χ4v) is 3.26. The third kappa shape index (κ3) is 6.37. The first-order chi connectivity index (χ1) is 10.8. The lowest BCUT2D eigenvalue weighted by molar-refractivity contribution is -0.133. The Hall–Kier alpha value is -1.30. The van der Waals surface area contributed by atoms with Crippen molar-refractivity contribution in [2.24, 2.45) is 5.92 Å². The molecule has 2 N–H and O–H groups in total. The van der Waals surface area contributed by atoms with Gasteiger partial charge in [0.15, 0.2) is 0 Å². The van der Waals surface area contributed by atoms with E-state index in [1.807, 2.05) is 25.7 Å². The van der Waals surface area contributed by atoms with Gasteiger partial charge in [0.25, 0.3) is 0 Å². The van der Waals surface area contributed by atoms with Crippen molar-refractivity contribution in [3.05, 3.63) is 0 Å². The molecule has 0 spiro atoms. The summed E-state index contributed by atoms with van der Waals surface area (Å²) in [5.41, 5.74) is -0.497. The van der Waals surface area contributed by atoms with E-state index in [0.717, 1.165) is 45.3 Å². The lowest BCUT2D eigenvalue weighted by atomic mass is 9.93. The molecule has 2 aliphatic rings. The van der Waals surface area contributed by atoms with Crippen LogP contribution in [0, 0.1) is 5.92 Å². The Labute approximate surface area is 139 Å². The molecule has 6 nitrogen and oxygen atoms in total. The molecule has 2 aliphatic heterocycles. The highest BCUT2D eigenvalue weighted by Crippen LogP contribution is 2.19. The first kappa shape index (κ1) is 18.0. The SMILES string of the molecule is CC(C)(C)OC(=O)N[C@@H]1CCCN(C(=O)CC2CCNCC2)C1. The van der Waals surface area contributed by atoms with Gasteiger partial charge in [-0.15, -0.1) is 0 Å². The summed E-state index contributed by atoms with van der Waals surface area (Å²) in [7, 11) is 0. The zero-order chi connectivity index (χ0) is 16.9. The van der Waals surface area contributed by atoms with Crippen molar-refractivity contribution in [2.75, 3.05) is 26.2 Å². The molecule has 0 aromatic heterocycles. The number of amides is 2. The zero-order valence-electron chi connectivity index (χ0n) is 14.7. The van der Waals surface area contributed by atoms with Crippen LogP contribution in [0.15, 0.2) is 0 Å². The Kier molecular flexibility index (Phi) is 6.27. The molecule has 23 heavy (non-hydrogen) atoms. The van der Waals surface area contributed by atoms with Crippen LogP contribution in [0.3, 0.4) is 0 Å². The van der Waals surface area contributed by atoms with Crippen molar-refractivity contribution < 1.29 is 14.3 Å². The third-order valence-electron chi connectivity index (χ3n) is 4.42. The topological polar surface area (TPSA) is 70.7 Å². The molecule has 2 heterocycles.